The molecule has 1 aromatic carbocycles. The molecule has 114 valence electrons. The lowest BCUT2D eigenvalue weighted by atomic mass is 9.78. The first kappa shape index (κ1) is 14.8. The van der Waals surface area contributed by atoms with Gasteiger partial charge in [-0.25, -0.2) is 0 Å². The number of ether oxygens (including phenoxy) is 1. The van der Waals surface area contributed by atoms with E-state index < -0.39 is 5.41 Å². The third-order valence-electron chi connectivity index (χ3n) is 4.62. The summed E-state index contributed by atoms with van der Waals surface area (Å²) < 4.78 is 5.38. The molecule has 0 unspecified atom stereocenters. The molecule has 0 radical (unpaired) electrons. The van der Waals surface area contributed by atoms with E-state index in [-0.39, 0.29) is 5.91 Å². The Bertz CT molecular complexity index is 536. The van der Waals surface area contributed by atoms with E-state index in [2.05, 4.69) is 5.32 Å². The second kappa shape index (κ2) is 5.95. The van der Waals surface area contributed by atoms with E-state index in [4.69, 9.17) is 16.3 Å². The van der Waals surface area contributed by atoms with Gasteiger partial charge in [0.05, 0.1) is 12.0 Å². The van der Waals surface area contributed by atoms with E-state index in [1.807, 2.05) is 23.1 Å². The summed E-state index contributed by atoms with van der Waals surface area (Å²) >= 11 is 6.10. The van der Waals surface area contributed by atoms with Gasteiger partial charge in [0.1, 0.15) is 0 Å². The van der Waals surface area contributed by atoms with Gasteiger partial charge in [-0.1, -0.05) is 17.7 Å². The van der Waals surface area contributed by atoms with Crippen LogP contribution in [0.3, 0.4) is 0 Å². The van der Waals surface area contributed by atoms with Gasteiger partial charge in [-0.15, -0.1) is 0 Å². The van der Waals surface area contributed by atoms with Crippen LogP contribution in [0.2, 0.25) is 5.02 Å². The summed E-state index contributed by atoms with van der Waals surface area (Å²) in [6.07, 6.45) is 2.55. The average molecular weight is 309 g/mol. The number of amides is 1. The number of carbonyl (C=O) groups is 1. The smallest absolute Gasteiger partial charge is 0.235 e. The van der Waals surface area contributed by atoms with Crippen LogP contribution in [0.4, 0.5) is 5.69 Å². The van der Waals surface area contributed by atoms with Crippen LogP contribution in [0, 0.1) is 5.41 Å². The lowest BCUT2D eigenvalue weighted by Crippen LogP contribution is -2.51. The van der Waals surface area contributed by atoms with Crippen molar-refractivity contribution in [3.8, 4) is 0 Å². The molecule has 4 nitrogen and oxygen atoms in total. The molecule has 0 atom stereocenters. The van der Waals surface area contributed by atoms with Crippen LogP contribution in [0.1, 0.15) is 18.4 Å². The molecular weight excluding hydrogens is 288 g/mol. The Balaban J connectivity index is 1.90. The number of carbonyl (C=O) groups excluding carboxylic acids is 1. The van der Waals surface area contributed by atoms with Gasteiger partial charge in [-0.3, -0.25) is 4.79 Å². The van der Waals surface area contributed by atoms with Crippen molar-refractivity contribution < 1.29 is 9.53 Å². The number of methoxy groups -OCH3 is 1. The molecule has 5 heteroatoms. The minimum absolute atomic E-state index is 0.187. The summed E-state index contributed by atoms with van der Waals surface area (Å²) in [6.45, 7) is 2.96. The number of hydrogen-bond donors (Lipinski definition) is 1. The van der Waals surface area contributed by atoms with Crippen LogP contribution in [0.5, 0.6) is 0 Å². The maximum atomic E-state index is 13.2. The standard InChI is InChI=1S/C16H21ClN2O2/c1-21-11-16(5-7-18-8-6-16)15(20)19-9-4-12-2-3-13(17)10-14(12)19/h2-3,10,18H,4-9,11H2,1H3. The SMILES string of the molecule is COCC1(C(=O)N2CCc3ccc(Cl)cc32)CCNCC1. The highest BCUT2D eigenvalue weighted by atomic mass is 35.5. The topological polar surface area (TPSA) is 41.6 Å². The largest absolute Gasteiger partial charge is 0.384 e. The zero-order chi connectivity index (χ0) is 14.9. The van der Waals surface area contributed by atoms with E-state index in [1.54, 1.807) is 7.11 Å². The average Bonchev–Trinajstić information content (AvgIpc) is 2.90. The molecule has 21 heavy (non-hydrogen) atoms. The zero-order valence-corrected chi connectivity index (χ0v) is 13.1. The highest BCUT2D eigenvalue weighted by Crippen LogP contribution is 2.38. The van der Waals surface area contributed by atoms with Crippen molar-refractivity contribution in [3.05, 3.63) is 28.8 Å². The van der Waals surface area contributed by atoms with Gasteiger partial charge >= 0.3 is 0 Å². The van der Waals surface area contributed by atoms with Crippen LogP contribution < -0.4 is 10.2 Å². The molecular formula is C16H21ClN2O2. The number of nitrogens with zero attached hydrogens (tertiary/aromatic N) is 1. The van der Waals surface area contributed by atoms with Crippen molar-refractivity contribution in [1.29, 1.82) is 0 Å². The predicted molar refractivity (Wildman–Crippen MR) is 83.9 cm³/mol. The number of fused-ring (bicyclic) bond motifs is 1. The molecule has 0 saturated carbocycles. The number of nitrogens with one attached hydrogen (secondary N) is 1. The van der Waals surface area contributed by atoms with Crippen molar-refractivity contribution in [1.82, 2.24) is 5.32 Å². The lowest BCUT2D eigenvalue weighted by Gasteiger charge is -2.38. The maximum Gasteiger partial charge on any atom is 0.235 e. The highest BCUT2D eigenvalue weighted by molar-refractivity contribution is 6.31. The normalized spacial score (nSPS) is 20.4. The predicted octanol–water partition coefficient (Wildman–Crippen LogP) is 2.25. The van der Waals surface area contributed by atoms with Crippen LogP contribution >= 0.6 is 11.6 Å². The Kier molecular flexibility index (Phi) is 4.20. The molecule has 2 aliphatic rings. The fourth-order valence-electron chi connectivity index (χ4n) is 3.45. The molecule has 3 rings (SSSR count). The molecule has 0 aromatic heterocycles. The number of halogens is 1. The minimum atomic E-state index is -0.399. The molecule has 1 N–H and O–H groups in total. The summed E-state index contributed by atoms with van der Waals surface area (Å²) in [6, 6.07) is 5.82. The van der Waals surface area contributed by atoms with Gasteiger partial charge in [0.25, 0.3) is 0 Å². The second-order valence-corrected chi connectivity index (χ2v) is 6.38. The molecule has 2 heterocycles. The quantitative estimate of drug-likeness (QED) is 0.931. The number of piperidine rings is 1. The van der Waals surface area contributed by atoms with Crippen molar-refractivity contribution >= 4 is 23.2 Å². The van der Waals surface area contributed by atoms with Crippen molar-refractivity contribution in [3.63, 3.8) is 0 Å². The number of hydrogen-bond acceptors (Lipinski definition) is 3. The fourth-order valence-corrected chi connectivity index (χ4v) is 3.62. The summed E-state index contributed by atoms with van der Waals surface area (Å²) in [5.41, 5.74) is 1.78. The van der Waals surface area contributed by atoms with Crippen LogP contribution in [0.25, 0.3) is 0 Å². The van der Waals surface area contributed by atoms with Gasteiger partial charge in [0.15, 0.2) is 0 Å². The Morgan fingerprint density at radius 2 is 2.19 bits per heavy atom. The monoisotopic (exact) mass is 308 g/mol. The van der Waals surface area contributed by atoms with Crippen molar-refractivity contribution in [2.45, 2.75) is 19.3 Å². The molecule has 1 amide bonds. The van der Waals surface area contributed by atoms with Gasteiger partial charge < -0.3 is 15.0 Å². The van der Waals surface area contributed by atoms with Crippen LogP contribution in [-0.2, 0) is 16.0 Å². The van der Waals surface area contributed by atoms with E-state index in [9.17, 15) is 4.79 Å². The Morgan fingerprint density at radius 1 is 1.43 bits per heavy atom. The maximum absolute atomic E-state index is 13.2. The first-order valence-corrected chi connectivity index (χ1v) is 7.84. The Labute approximate surface area is 130 Å². The van der Waals surface area contributed by atoms with Crippen molar-refractivity contribution in [2.75, 3.05) is 38.3 Å². The summed E-state index contributed by atoms with van der Waals surface area (Å²) in [5.74, 6) is 0.187. The first-order valence-electron chi connectivity index (χ1n) is 7.46. The number of benzene rings is 1. The van der Waals surface area contributed by atoms with E-state index in [0.717, 1.165) is 44.6 Å². The van der Waals surface area contributed by atoms with Gasteiger partial charge in [-0.2, -0.15) is 0 Å². The molecule has 1 fully saturated rings. The molecule has 0 spiro atoms. The van der Waals surface area contributed by atoms with Crippen LogP contribution in [0.15, 0.2) is 18.2 Å². The van der Waals surface area contributed by atoms with E-state index in [0.29, 0.717) is 11.6 Å². The molecule has 0 aliphatic carbocycles. The zero-order valence-electron chi connectivity index (χ0n) is 12.3. The minimum Gasteiger partial charge on any atom is -0.384 e. The van der Waals surface area contributed by atoms with Crippen LogP contribution in [-0.4, -0.2) is 39.3 Å². The molecule has 0 bridgehead atoms. The molecule has 1 saturated heterocycles. The van der Waals surface area contributed by atoms with Gasteiger partial charge in [0.2, 0.25) is 5.91 Å². The number of rotatable bonds is 3. The molecule has 1 aromatic rings. The second-order valence-electron chi connectivity index (χ2n) is 5.94. The highest BCUT2D eigenvalue weighted by Gasteiger charge is 2.43. The third-order valence-corrected chi connectivity index (χ3v) is 4.86. The summed E-state index contributed by atoms with van der Waals surface area (Å²) in [7, 11) is 1.67. The Hall–Kier alpha value is -1.10. The van der Waals surface area contributed by atoms with Gasteiger partial charge in [0, 0.05) is 24.4 Å². The lowest BCUT2D eigenvalue weighted by molar-refractivity contribution is -0.133. The van der Waals surface area contributed by atoms with Gasteiger partial charge in [-0.05, 0) is 50.0 Å². The summed E-state index contributed by atoms with van der Waals surface area (Å²) in [5, 5.41) is 4.00. The fraction of sp³-hybridized carbons (Fsp3) is 0.562. The molecule has 2 aliphatic heterocycles. The van der Waals surface area contributed by atoms with Crippen molar-refractivity contribution in [2.24, 2.45) is 5.41 Å². The third kappa shape index (κ3) is 2.68. The Morgan fingerprint density at radius 3 is 2.90 bits per heavy atom. The van der Waals surface area contributed by atoms with E-state index >= 15 is 0 Å². The number of anilines is 1. The first-order chi connectivity index (χ1) is 10.2. The summed E-state index contributed by atoms with van der Waals surface area (Å²) in [4.78, 5) is 15.1. The van der Waals surface area contributed by atoms with E-state index in [1.165, 1.54) is 5.56 Å².